The summed E-state index contributed by atoms with van der Waals surface area (Å²) in [5.74, 6) is 0.561. The topological polar surface area (TPSA) is 28.2 Å². The van der Waals surface area contributed by atoms with E-state index in [-0.39, 0.29) is 0 Å². The molecule has 1 aliphatic carbocycles. The minimum Gasteiger partial charge on any atom is -0.345 e. The molecule has 4 heteroatoms. The molecular formula is C16H29N3S. The molecular weight excluding hydrogens is 266 g/mol. The van der Waals surface area contributed by atoms with Crippen LogP contribution in [0.4, 0.5) is 5.13 Å². The van der Waals surface area contributed by atoms with Gasteiger partial charge in [0.05, 0.1) is 5.69 Å². The maximum atomic E-state index is 5.02. The van der Waals surface area contributed by atoms with Crippen molar-refractivity contribution in [2.75, 3.05) is 18.5 Å². The summed E-state index contributed by atoms with van der Waals surface area (Å²) in [7, 11) is 2.02. The molecule has 0 spiro atoms. The molecule has 114 valence electrons. The average molecular weight is 295 g/mol. The van der Waals surface area contributed by atoms with Crippen molar-refractivity contribution in [1.29, 1.82) is 0 Å². The Morgan fingerprint density at radius 2 is 2.05 bits per heavy atom. The highest BCUT2D eigenvalue weighted by Gasteiger charge is 2.25. The molecule has 1 unspecified atom stereocenters. The fourth-order valence-corrected chi connectivity index (χ4v) is 4.43. The summed E-state index contributed by atoms with van der Waals surface area (Å²) in [6.45, 7) is 8.84. The number of anilines is 1. The number of nitrogens with zero attached hydrogens (tertiary/aromatic N) is 2. The second-order valence-corrected chi connectivity index (χ2v) is 6.93. The summed E-state index contributed by atoms with van der Waals surface area (Å²) < 4.78 is 0. The number of hydrogen-bond acceptors (Lipinski definition) is 4. The van der Waals surface area contributed by atoms with Crippen LogP contribution >= 0.6 is 11.3 Å². The molecule has 1 heterocycles. The summed E-state index contributed by atoms with van der Waals surface area (Å²) in [6.07, 6.45) is 6.61. The zero-order valence-electron chi connectivity index (χ0n) is 13.4. The Hall–Kier alpha value is -0.610. The van der Waals surface area contributed by atoms with Crippen molar-refractivity contribution in [3.63, 3.8) is 0 Å². The van der Waals surface area contributed by atoms with Crippen molar-refractivity contribution in [3.8, 4) is 0 Å². The molecule has 1 N–H and O–H groups in total. The van der Waals surface area contributed by atoms with Gasteiger partial charge in [0.15, 0.2) is 5.13 Å². The maximum absolute atomic E-state index is 5.02. The molecule has 2 rings (SSSR count). The summed E-state index contributed by atoms with van der Waals surface area (Å²) in [6, 6.07) is 0.721. The number of nitrogens with one attached hydrogen (secondary N) is 1. The van der Waals surface area contributed by atoms with Gasteiger partial charge in [-0.2, -0.15) is 0 Å². The molecule has 1 aromatic heterocycles. The van der Waals surface area contributed by atoms with Crippen LogP contribution in [-0.2, 0) is 6.54 Å². The average Bonchev–Trinajstić information content (AvgIpc) is 3.10. The summed E-state index contributed by atoms with van der Waals surface area (Å²) >= 11 is 1.90. The standard InChI is InChI=1S/C16H29N3S/c1-5-12(3)15-14(11-17-4)20-16(18-15)19(6-2)13-9-7-8-10-13/h12-13,17H,5-11H2,1-4H3. The third-order valence-electron chi connectivity index (χ3n) is 4.48. The molecule has 1 atom stereocenters. The first kappa shape index (κ1) is 15.8. The van der Waals surface area contributed by atoms with E-state index in [9.17, 15) is 0 Å². The highest BCUT2D eigenvalue weighted by Crippen LogP contribution is 2.35. The van der Waals surface area contributed by atoms with Gasteiger partial charge in [-0.05, 0) is 39.2 Å². The lowest BCUT2D eigenvalue weighted by atomic mass is 10.0. The molecule has 3 nitrogen and oxygen atoms in total. The van der Waals surface area contributed by atoms with E-state index < -0.39 is 0 Å². The van der Waals surface area contributed by atoms with Crippen LogP contribution in [0, 0.1) is 0 Å². The number of thiazole rings is 1. The Labute approximate surface area is 127 Å². The molecule has 20 heavy (non-hydrogen) atoms. The molecule has 1 aromatic rings. The Bertz CT molecular complexity index is 410. The first-order valence-electron chi connectivity index (χ1n) is 8.12. The lowest BCUT2D eigenvalue weighted by Gasteiger charge is -2.27. The van der Waals surface area contributed by atoms with Crippen LogP contribution < -0.4 is 10.2 Å². The molecule has 1 aliphatic rings. The number of hydrogen-bond donors (Lipinski definition) is 1. The molecule has 1 fully saturated rings. The smallest absolute Gasteiger partial charge is 0.186 e. The molecule has 1 saturated carbocycles. The van der Waals surface area contributed by atoms with Crippen molar-refractivity contribution < 1.29 is 0 Å². The first-order chi connectivity index (χ1) is 9.71. The van der Waals surface area contributed by atoms with Crippen LogP contribution in [0.5, 0.6) is 0 Å². The fourth-order valence-electron chi connectivity index (χ4n) is 3.10. The third kappa shape index (κ3) is 3.34. The van der Waals surface area contributed by atoms with E-state index in [1.165, 1.54) is 41.4 Å². The predicted octanol–water partition coefficient (Wildman–Crippen LogP) is 4.14. The number of aromatic nitrogens is 1. The van der Waals surface area contributed by atoms with Crippen LogP contribution in [0.3, 0.4) is 0 Å². The lowest BCUT2D eigenvalue weighted by Crippen LogP contribution is -2.32. The van der Waals surface area contributed by atoms with Gasteiger partial charge in [-0.1, -0.05) is 26.7 Å². The van der Waals surface area contributed by atoms with E-state index in [1.807, 2.05) is 18.4 Å². The Kier molecular flexibility index (Phi) is 5.85. The van der Waals surface area contributed by atoms with Gasteiger partial charge >= 0.3 is 0 Å². The summed E-state index contributed by atoms with van der Waals surface area (Å²) in [5.41, 5.74) is 1.32. The first-order valence-corrected chi connectivity index (χ1v) is 8.93. The van der Waals surface area contributed by atoms with Crippen LogP contribution in [0.15, 0.2) is 0 Å². The van der Waals surface area contributed by atoms with E-state index in [0.717, 1.165) is 25.6 Å². The maximum Gasteiger partial charge on any atom is 0.186 e. The Morgan fingerprint density at radius 3 is 2.60 bits per heavy atom. The second kappa shape index (κ2) is 7.41. The van der Waals surface area contributed by atoms with E-state index in [1.54, 1.807) is 0 Å². The van der Waals surface area contributed by atoms with E-state index in [0.29, 0.717) is 5.92 Å². The summed E-state index contributed by atoms with van der Waals surface area (Å²) in [4.78, 5) is 8.99. The third-order valence-corrected chi connectivity index (χ3v) is 5.59. The zero-order chi connectivity index (χ0) is 14.5. The minimum absolute atomic E-state index is 0.561. The van der Waals surface area contributed by atoms with Gasteiger partial charge in [-0.25, -0.2) is 4.98 Å². The van der Waals surface area contributed by atoms with E-state index in [4.69, 9.17) is 4.98 Å². The Balaban J connectivity index is 2.25. The van der Waals surface area contributed by atoms with E-state index >= 15 is 0 Å². The lowest BCUT2D eigenvalue weighted by molar-refractivity contribution is 0.614. The van der Waals surface area contributed by atoms with Crippen molar-refractivity contribution in [2.45, 2.75) is 71.4 Å². The minimum atomic E-state index is 0.561. The highest BCUT2D eigenvalue weighted by atomic mass is 32.1. The van der Waals surface area contributed by atoms with E-state index in [2.05, 4.69) is 31.0 Å². The normalized spacial score (nSPS) is 17.6. The van der Waals surface area contributed by atoms with Crippen LogP contribution in [-0.4, -0.2) is 24.6 Å². The second-order valence-electron chi connectivity index (χ2n) is 5.87. The van der Waals surface area contributed by atoms with Gasteiger partial charge in [0.1, 0.15) is 0 Å². The largest absolute Gasteiger partial charge is 0.345 e. The van der Waals surface area contributed by atoms with Crippen molar-refractivity contribution in [2.24, 2.45) is 0 Å². The van der Waals surface area contributed by atoms with Gasteiger partial charge < -0.3 is 10.2 Å². The van der Waals surface area contributed by atoms with Crippen LogP contribution in [0.1, 0.15) is 69.4 Å². The molecule has 0 aromatic carbocycles. The van der Waals surface area contributed by atoms with Crippen LogP contribution in [0.2, 0.25) is 0 Å². The molecule has 0 radical (unpaired) electrons. The predicted molar refractivity (Wildman–Crippen MR) is 88.9 cm³/mol. The van der Waals surface area contributed by atoms with Crippen molar-refractivity contribution in [1.82, 2.24) is 10.3 Å². The monoisotopic (exact) mass is 295 g/mol. The quantitative estimate of drug-likeness (QED) is 0.819. The van der Waals surface area contributed by atoms with Crippen molar-refractivity contribution in [3.05, 3.63) is 10.6 Å². The van der Waals surface area contributed by atoms with Crippen molar-refractivity contribution >= 4 is 16.5 Å². The molecule has 0 saturated heterocycles. The van der Waals surface area contributed by atoms with Gasteiger partial charge in [0.2, 0.25) is 0 Å². The SMILES string of the molecule is CCC(C)c1nc(N(CC)C2CCCC2)sc1CNC. The van der Waals surface area contributed by atoms with Gasteiger partial charge in [-0.15, -0.1) is 11.3 Å². The molecule has 0 amide bonds. The summed E-state index contributed by atoms with van der Waals surface area (Å²) in [5, 5.41) is 4.55. The molecule has 0 aliphatic heterocycles. The number of rotatable bonds is 7. The molecule has 0 bridgehead atoms. The fraction of sp³-hybridized carbons (Fsp3) is 0.812. The van der Waals surface area contributed by atoms with Crippen LogP contribution in [0.25, 0.3) is 0 Å². The highest BCUT2D eigenvalue weighted by molar-refractivity contribution is 7.15. The zero-order valence-corrected chi connectivity index (χ0v) is 14.2. The van der Waals surface area contributed by atoms with Gasteiger partial charge in [-0.3, -0.25) is 0 Å². The Morgan fingerprint density at radius 1 is 1.35 bits per heavy atom. The van der Waals surface area contributed by atoms with Gasteiger partial charge in [0, 0.05) is 24.0 Å². The van der Waals surface area contributed by atoms with Gasteiger partial charge in [0.25, 0.3) is 0 Å².